The third-order valence-electron chi connectivity index (χ3n) is 3.35. The summed E-state index contributed by atoms with van der Waals surface area (Å²) >= 11 is 0. The van der Waals surface area contributed by atoms with Crippen molar-refractivity contribution in [1.82, 2.24) is 5.32 Å². The second kappa shape index (κ2) is 9.62. The molecule has 0 aromatic heterocycles. The molecular formula is C19H31NO2. The molecule has 0 atom stereocenters. The number of carbonyl (C=O) groups is 1. The summed E-state index contributed by atoms with van der Waals surface area (Å²) in [5, 5.41) is 3.46. The molecule has 0 amide bonds. The summed E-state index contributed by atoms with van der Waals surface area (Å²) in [6.07, 6.45) is 4.96. The molecule has 3 heteroatoms. The van der Waals surface area contributed by atoms with E-state index >= 15 is 0 Å². The maximum Gasteiger partial charge on any atom is 0.306 e. The summed E-state index contributed by atoms with van der Waals surface area (Å²) < 4.78 is 5.32. The van der Waals surface area contributed by atoms with Gasteiger partial charge in [-0.15, -0.1) is 0 Å². The smallest absolute Gasteiger partial charge is 0.306 e. The zero-order chi connectivity index (χ0) is 16.4. The van der Waals surface area contributed by atoms with Gasteiger partial charge in [0.25, 0.3) is 0 Å². The Hall–Kier alpha value is -1.35. The number of nitrogens with one attached hydrogen (secondary N) is 1. The number of unbranched alkanes of at least 4 members (excludes halogenated alkanes) is 2. The zero-order valence-electron chi connectivity index (χ0n) is 14.6. The van der Waals surface area contributed by atoms with Gasteiger partial charge in [-0.05, 0) is 51.3 Å². The monoisotopic (exact) mass is 305 g/mol. The molecule has 1 N–H and O–H groups in total. The van der Waals surface area contributed by atoms with Crippen LogP contribution in [0.25, 0.3) is 0 Å². The minimum atomic E-state index is -0.398. The van der Waals surface area contributed by atoms with Gasteiger partial charge in [-0.2, -0.15) is 0 Å². The number of aryl methyl sites for hydroxylation is 1. The van der Waals surface area contributed by atoms with Crippen LogP contribution in [0.3, 0.4) is 0 Å². The van der Waals surface area contributed by atoms with Gasteiger partial charge in [-0.1, -0.05) is 44.0 Å². The number of hydrogen-bond acceptors (Lipinski definition) is 3. The Morgan fingerprint density at radius 2 is 1.73 bits per heavy atom. The van der Waals surface area contributed by atoms with Crippen LogP contribution < -0.4 is 5.32 Å². The van der Waals surface area contributed by atoms with E-state index in [2.05, 4.69) is 36.5 Å². The summed E-state index contributed by atoms with van der Waals surface area (Å²) in [5.74, 6) is -0.130. The molecule has 0 saturated carbocycles. The van der Waals surface area contributed by atoms with Gasteiger partial charge in [-0.3, -0.25) is 4.79 Å². The van der Waals surface area contributed by atoms with Crippen LogP contribution in [-0.4, -0.2) is 18.1 Å². The molecule has 0 spiro atoms. The van der Waals surface area contributed by atoms with Crippen LogP contribution in [0.4, 0.5) is 0 Å². The van der Waals surface area contributed by atoms with Crippen molar-refractivity contribution in [3.8, 4) is 0 Å². The molecule has 0 saturated heterocycles. The average molecular weight is 305 g/mol. The normalized spacial score (nSPS) is 11.5. The van der Waals surface area contributed by atoms with Crippen LogP contribution in [0.15, 0.2) is 24.3 Å². The number of rotatable bonds is 9. The van der Waals surface area contributed by atoms with Gasteiger partial charge in [0.15, 0.2) is 0 Å². The van der Waals surface area contributed by atoms with Gasteiger partial charge in [0.1, 0.15) is 5.60 Å². The van der Waals surface area contributed by atoms with Gasteiger partial charge in [0.05, 0.1) is 0 Å². The van der Waals surface area contributed by atoms with Crippen LogP contribution in [-0.2, 0) is 22.5 Å². The van der Waals surface area contributed by atoms with Crippen molar-refractivity contribution in [3.63, 3.8) is 0 Å². The summed E-state index contributed by atoms with van der Waals surface area (Å²) in [4.78, 5) is 11.7. The van der Waals surface area contributed by atoms with E-state index in [1.54, 1.807) is 0 Å². The highest BCUT2D eigenvalue weighted by molar-refractivity contribution is 5.70. The molecule has 0 aliphatic carbocycles. The van der Waals surface area contributed by atoms with Gasteiger partial charge >= 0.3 is 5.97 Å². The molecule has 3 nitrogen and oxygen atoms in total. The van der Waals surface area contributed by atoms with E-state index in [-0.39, 0.29) is 5.97 Å². The second-order valence-corrected chi connectivity index (χ2v) is 6.79. The second-order valence-electron chi connectivity index (χ2n) is 6.79. The summed E-state index contributed by atoms with van der Waals surface area (Å²) in [7, 11) is 0. The molecule has 0 heterocycles. The molecule has 1 aromatic carbocycles. The van der Waals surface area contributed by atoms with Crippen molar-refractivity contribution in [3.05, 3.63) is 35.4 Å². The van der Waals surface area contributed by atoms with E-state index in [0.29, 0.717) is 6.42 Å². The van der Waals surface area contributed by atoms with E-state index in [1.807, 2.05) is 20.8 Å². The Kier molecular flexibility index (Phi) is 8.18. The maximum absolute atomic E-state index is 11.7. The first-order valence-corrected chi connectivity index (χ1v) is 8.41. The van der Waals surface area contributed by atoms with E-state index < -0.39 is 5.60 Å². The summed E-state index contributed by atoms with van der Waals surface area (Å²) in [5.41, 5.74) is 2.07. The Morgan fingerprint density at radius 1 is 1.09 bits per heavy atom. The quantitative estimate of drug-likeness (QED) is 0.548. The van der Waals surface area contributed by atoms with Crippen LogP contribution in [0, 0.1) is 0 Å². The van der Waals surface area contributed by atoms with E-state index in [1.165, 1.54) is 30.4 Å². The third-order valence-corrected chi connectivity index (χ3v) is 3.35. The predicted molar refractivity (Wildman–Crippen MR) is 91.8 cm³/mol. The van der Waals surface area contributed by atoms with Gasteiger partial charge < -0.3 is 10.1 Å². The van der Waals surface area contributed by atoms with Gasteiger partial charge in [0.2, 0.25) is 0 Å². The van der Waals surface area contributed by atoms with Crippen molar-refractivity contribution in [2.24, 2.45) is 0 Å². The Labute approximate surface area is 135 Å². The largest absolute Gasteiger partial charge is 0.460 e. The highest BCUT2D eigenvalue weighted by atomic mass is 16.6. The van der Waals surface area contributed by atoms with Crippen molar-refractivity contribution in [2.45, 2.75) is 71.9 Å². The van der Waals surface area contributed by atoms with Crippen LogP contribution >= 0.6 is 0 Å². The zero-order valence-corrected chi connectivity index (χ0v) is 14.6. The molecule has 0 bridgehead atoms. The van der Waals surface area contributed by atoms with E-state index in [0.717, 1.165) is 19.5 Å². The van der Waals surface area contributed by atoms with Crippen molar-refractivity contribution in [2.75, 3.05) is 6.54 Å². The SMILES string of the molecule is CCCCCNCc1ccc(CCC(=O)OC(C)(C)C)cc1. The third kappa shape index (κ3) is 8.83. The standard InChI is InChI=1S/C19H31NO2/c1-5-6-7-14-20-15-17-10-8-16(9-11-17)12-13-18(21)22-19(2,3)4/h8-11,20H,5-7,12-15H2,1-4H3. The first-order valence-electron chi connectivity index (χ1n) is 8.41. The molecule has 0 aliphatic rings. The summed E-state index contributed by atoms with van der Waals surface area (Å²) in [6, 6.07) is 8.48. The predicted octanol–water partition coefficient (Wildman–Crippen LogP) is 4.24. The Balaban J connectivity index is 2.28. The van der Waals surface area contributed by atoms with Crippen LogP contribution in [0.5, 0.6) is 0 Å². The Morgan fingerprint density at radius 3 is 2.32 bits per heavy atom. The highest BCUT2D eigenvalue weighted by Gasteiger charge is 2.15. The lowest BCUT2D eigenvalue weighted by Crippen LogP contribution is -2.24. The number of hydrogen-bond donors (Lipinski definition) is 1. The fourth-order valence-electron chi connectivity index (χ4n) is 2.20. The topological polar surface area (TPSA) is 38.3 Å². The first-order chi connectivity index (χ1) is 10.4. The van der Waals surface area contributed by atoms with Gasteiger partial charge in [-0.25, -0.2) is 0 Å². The number of carbonyl (C=O) groups excluding carboxylic acids is 1. The fraction of sp³-hybridized carbons (Fsp3) is 0.632. The van der Waals surface area contributed by atoms with E-state index in [9.17, 15) is 4.79 Å². The lowest BCUT2D eigenvalue weighted by atomic mass is 10.1. The van der Waals surface area contributed by atoms with E-state index in [4.69, 9.17) is 4.74 Å². The molecule has 124 valence electrons. The fourth-order valence-corrected chi connectivity index (χ4v) is 2.20. The molecule has 1 aromatic rings. The Bertz CT molecular complexity index is 432. The van der Waals surface area contributed by atoms with Crippen LogP contribution in [0.2, 0.25) is 0 Å². The molecule has 0 unspecified atom stereocenters. The molecule has 0 fully saturated rings. The lowest BCUT2D eigenvalue weighted by Gasteiger charge is -2.19. The molecule has 0 aliphatic heterocycles. The number of ether oxygens (including phenoxy) is 1. The maximum atomic E-state index is 11.7. The van der Waals surface area contributed by atoms with Crippen molar-refractivity contribution >= 4 is 5.97 Å². The highest BCUT2D eigenvalue weighted by Crippen LogP contribution is 2.11. The summed E-state index contributed by atoms with van der Waals surface area (Å²) in [6.45, 7) is 9.90. The van der Waals surface area contributed by atoms with Crippen molar-refractivity contribution < 1.29 is 9.53 Å². The molecular weight excluding hydrogens is 274 g/mol. The minimum absolute atomic E-state index is 0.130. The van der Waals surface area contributed by atoms with Crippen molar-refractivity contribution in [1.29, 1.82) is 0 Å². The number of benzene rings is 1. The van der Waals surface area contributed by atoms with Gasteiger partial charge in [0, 0.05) is 13.0 Å². The molecule has 0 radical (unpaired) electrons. The lowest BCUT2D eigenvalue weighted by molar-refractivity contribution is -0.154. The van der Waals surface area contributed by atoms with Crippen LogP contribution in [0.1, 0.15) is 64.5 Å². The average Bonchev–Trinajstić information content (AvgIpc) is 2.44. The first kappa shape index (κ1) is 18.7. The molecule has 1 rings (SSSR count). The number of esters is 1. The minimum Gasteiger partial charge on any atom is -0.460 e. The molecule has 22 heavy (non-hydrogen) atoms.